The van der Waals surface area contributed by atoms with Crippen LogP contribution >= 0.6 is 0 Å². The van der Waals surface area contributed by atoms with Crippen molar-refractivity contribution < 1.29 is 5.21 Å². The van der Waals surface area contributed by atoms with Gasteiger partial charge in [0, 0.05) is 6.07 Å². The van der Waals surface area contributed by atoms with Crippen molar-refractivity contribution in [2.45, 2.75) is 6.92 Å². The number of aromatic nitrogens is 2. The second-order valence-electron chi connectivity index (χ2n) is 1.60. The van der Waals surface area contributed by atoms with Crippen LogP contribution in [0.5, 0.6) is 0 Å². The van der Waals surface area contributed by atoms with Crippen molar-refractivity contribution >= 4 is 5.82 Å². The van der Waals surface area contributed by atoms with E-state index in [1.165, 1.54) is 0 Å². The van der Waals surface area contributed by atoms with Gasteiger partial charge in [-0.1, -0.05) is 0 Å². The molecule has 0 aromatic carbocycles. The summed E-state index contributed by atoms with van der Waals surface area (Å²) in [6.07, 6.45) is 0. The molecule has 4 heteroatoms. The Balaban J connectivity index is 3.14. The molecule has 0 spiro atoms. The van der Waals surface area contributed by atoms with Crippen LogP contribution in [0.25, 0.3) is 0 Å². The van der Waals surface area contributed by atoms with Crippen molar-refractivity contribution in [3.05, 3.63) is 11.8 Å². The van der Waals surface area contributed by atoms with E-state index < -0.39 is 0 Å². The molecule has 44 valence electrons. The minimum atomic E-state index is 0.338. The minimum Gasteiger partial charge on any atom is -0.411 e. The van der Waals surface area contributed by atoms with Crippen LogP contribution in [0, 0.1) is 6.92 Å². The molecule has 0 bridgehead atoms. The van der Waals surface area contributed by atoms with Gasteiger partial charge in [-0.25, -0.2) is 0 Å². The normalized spacial score (nSPS) is 9.62. The highest BCUT2D eigenvalue weighted by Crippen LogP contribution is 1.99. The third-order valence-corrected chi connectivity index (χ3v) is 0.882. The maximum absolute atomic E-state index is 8.67. The molecule has 3 N–H and O–H groups in total. The van der Waals surface area contributed by atoms with E-state index in [0.717, 1.165) is 4.85 Å². The predicted molar refractivity (Wildman–Crippen MR) is 28.6 cm³/mol. The Morgan fingerprint density at radius 3 is 2.62 bits per heavy atom. The van der Waals surface area contributed by atoms with Gasteiger partial charge in [0.1, 0.15) is 5.82 Å². The molecule has 0 radical (unpaired) electrons. The average molecular weight is 113 g/mol. The standard InChI is InChI=1S/C4H7N3O/c1-3-2-4(5)6-7(3)8/h2,8H,1H3,(H2,5,6). The number of hydrogen-bond acceptors (Lipinski definition) is 3. The van der Waals surface area contributed by atoms with Gasteiger partial charge in [-0.15, -0.1) is 9.94 Å². The number of aryl methyl sites for hydroxylation is 1. The lowest BCUT2D eigenvalue weighted by Gasteiger charge is -1.85. The van der Waals surface area contributed by atoms with E-state index in [9.17, 15) is 0 Å². The molecule has 1 rings (SSSR count). The highest BCUT2D eigenvalue weighted by Gasteiger charge is 1.94. The van der Waals surface area contributed by atoms with Gasteiger partial charge in [0.05, 0.1) is 5.69 Å². The predicted octanol–water partition coefficient (Wildman–Crippen LogP) is 0.0110. The first-order chi connectivity index (χ1) is 3.70. The Morgan fingerprint density at radius 1 is 1.88 bits per heavy atom. The Morgan fingerprint density at radius 2 is 2.50 bits per heavy atom. The number of rotatable bonds is 0. The van der Waals surface area contributed by atoms with Gasteiger partial charge in [0.25, 0.3) is 0 Å². The zero-order valence-electron chi connectivity index (χ0n) is 4.50. The minimum absolute atomic E-state index is 0.338. The molecule has 0 atom stereocenters. The second kappa shape index (κ2) is 1.40. The fourth-order valence-electron chi connectivity index (χ4n) is 0.489. The summed E-state index contributed by atoms with van der Waals surface area (Å²) in [6.45, 7) is 1.71. The molecule has 0 saturated carbocycles. The maximum atomic E-state index is 8.67. The first-order valence-corrected chi connectivity index (χ1v) is 2.21. The molecule has 4 nitrogen and oxygen atoms in total. The molecule has 8 heavy (non-hydrogen) atoms. The lowest BCUT2D eigenvalue weighted by atomic mass is 10.5. The molecular weight excluding hydrogens is 106 g/mol. The Kier molecular flexibility index (Phi) is 0.865. The topological polar surface area (TPSA) is 64.1 Å². The highest BCUT2D eigenvalue weighted by atomic mass is 16.5. The van der Waals surface area contributed by atoms with E-state index in [4.69, 9.17) is 10.9 Å². The third-order valence-electron chi connectivity index (χ3n) is 0.882. The van der Waals surface area contributed by atoms with Crippen LogP contribution in [0.3, 0.4) is 0 Å². The fraction of sp³-hybridized carbons (Fsp3) is 0.250. The van der Waals surface area contributed by atoms with Gasteiger partial charge in [0.2, 0.25) is 0 Å². The lowest BCUT2D eigenvalue weighted by molar-refractivity contribution is 0.143. The Labute approximate surface area is 46.5 Å². The highest BCUT2D eigenvalue weighted by molar-refractivity contribution is 5.27. The molecule has 0 aliphatic carbocycles. The summed E-state index contributed by atoms with van der Waals surface area (Å²) in [5, 5.41) is 12.1. The van der Waals surface area contributed by atoms with Gasteiger partial charge in [-0.05, 0) is 6.92 Å². The summed E-state index contributed by atoms with van der Waals surface area (Å²) in [4.78, 5) is 0.745. The first-order valence-electron chi connectivity index (χ1n) is 2.21. The summed E-state index contributed by atoms with van der Waals surface area (Å²) in [6, 6.07) is 1.58. The van der Waals surface area contributed by atoms with Crippen LogP contribution in [0.15, 0.2) is 6.07 Å². The summed E-state index contributed by atoms with van der Waals surface area (Å²) >= 11 is 0. The van der Waals surface area contributed by atoms with E-state index in [2.05, 4.69) is 5.10 Å². The average Bonchev–Trinajstić information content (AvgIpc) is 1.85. The SMILES string of the molecule is Cc1cc(N)nn1O. The molecule has 0 aliphatic heterocycles. The molecule has 0 saturated heterocycles. The monoisotopic (exact) mass is 113 g/mol. The van der Waals surface area contributed by atoms with Crippen molar-refractivity contribution in [3.8, 4) is 0 Å². The third kappa shape index (κ3) is 0.598. The first kappa shape index (κ1) is 4.96. The van der Waals surface area contributed by atoms with E-state index in [-0.39, 0.29) is 0 Å². The smallest absolute Gasteiger partial charge is 0.149 e. The molecule has 0 amide bonds. The van der Waals surface area contributed by atoms with Gasteiger partial charge in [0.15, 0.2) is 0 Å². The van der Waals surface area contributed by atoms with Crippen molar-refractivity contribution in [1.29, 1.82) is 0 Å². The Bertz CT molecular complexity index is 174. The fourth-order valence-corrected chi connectivity index (χ4v) is 0.489. The zero-order valence-corrected chi connectivity index (χ0v) is 4.50. The largest absolute Gasteiger partial charge is 0.411 e. The van der Waals surface area contributed by atoms with Crippen molar-refractivity contribution in [3.63, 3.8) is 0 Å². The van der Waals surface area contributed by atoms with Crippen LogP contribution < -0.4 is 5.73 Å². The number of nitrogen functional groups attached to an aromatic ring is 1. The van der Waals surface area contributed by atoms with E-state index >= 15 is 0 Å². The maximum Gasteiger partial charge on any atom is 0.149 e. The van der Waals surface area contributed by atoms with Crippen molar-refractivity contribution in [2.24, 2.45) is 0 Å². The second-order valence-corrected chi connectivity index (χ2v) is 1.60. The number of hydrogen-bond donors (Lipinski definition) is 2. The summed E-state index contributed by atoms with van der Waals surface area (Å²) in [7, 11) is 0. The summed E-state index contributed by atoms with van der Waals surface area (Å²) in [5.41, 5.74) is 5.83. The quantitative estimate of drug-likeness (QED) is 0.466. The molecule has 0 unspecified atom stereocenters. The summed E-state index contributed by atoms with van der Waals surface area (Å²) in [5.74, 6) is 0.338. The van der Waals surface area contributed by atoms with Crippen molar-refractivity contribution in [1.82, 2.24) is 9.94 Å². The van der Waals surface area contributed by atoms with Crippen LogP contribution in [0.4, 0.5) is 5.82 Å². The molecule has 1 aromatic heterocycles. The van der Waals surface area contributed by atoms with Gasteiger partial charge >= 0.3 is 0 Å². The van der Waals surface area contributed by atoms with E-state index in [1.807, 2.05) is 0 Å². The van der Waals surface area contributed by atoms with Crippen molar-refractivity contribution in [2.75, 3.05) is 5.73 Å². The van der Waals surface area contributed by atoms with Crippen LogP contribution in [0.2, 0.25) is 0 Å². The van der Waals surface area contributed by atoms with Crippen LogP contribution in [-0.4, -0.2) is 15.2 Å². The van der Waals surface area contributed by atoms with Gasteiger partial charge in [-0.3, -0.25) is 0 Å². The van der Waals surface area contributed by atoms with E-state index in [0.29, 0.717) is 11.5 Å². The molecule has 0 aliphatic rings. The van der Waals surface area contributed by atoms with Gasteiger partial charge in [-0.2, -0.15) is 0 Å². The van der Waals surface area contributed by atoms with Crippen LogP contribution in [-0.2, 0) is 0 Å². The molecule has 0 fully saturated rings. The van der Waals surface area contributed by atoms with Crippen LogP contribution in [0.1, 0.15) is 5.69 Å². The number of nitrogens with two attached hydrogens (primary N) is 1. The molecule has 1 heterocycles. The Hall–Kier alpha value is -1.19. The summed E-state index contributed by atoms with van der Waals surface area (Å²) < 4.78 is 0. The van der Waals surface area contributed by atoms with E-state index in [1.54, 1.807) is 13.0 Å². The molecule has 1 aromatic rings. The lowest BCUT2D eigenvalue weighted by Crippen LogP contribution is -1.95. The molecular formula is C4H7N3O. The number of anilines is 1. The van der Waals surface area contributed by atoms with Gasteiger partial charge < -0.3 is 10.9 Å². The zero-order chi connectivity index (χ0) is 6.15. The number of nitrogens with zero attached hydrogens (tertiary/aromatic N) is 2.